The van der Waals surface area contributed by atoms with Crippen LogP contribution in [0.5, 0.6) is 5.75 Å². The zero-order valence-electron chi connectivity index (χ0n) is 19.6. The molecule has 206 valence electrons. The van der Waals surface area contributed by atoms with Gasteiger partial charge in [0.1, 0.15) is 11.8 Å². The monoisotopic (exact) mass is 582 g/mol. The molecule has 15 heteroatoms. The lowest BCUT2D eigenvalue weighted by atomic mass is 9.84. The average Bonchev–Trinajstić information content (AvgIpc) is 3.22. The normalized spacial score (nSPS) is 20.7. The van der Waals surface area contributed by atoms with E-state index < -0.39 is 46.5 Å². The zero-order chi connectivity index (χ0) is 27.9. The van der Waals surface area contributed by atoms with Crippen LogP contribution in [-0.2, 0) is 22.9 Å². The Morgan fingerprint density at radius 1 is 1.11 bits per heavy atom. The third-order valence-electron chi connectivity index (χ3n) is 6.45. The maximum atomic E-state index is 13.5. The molecule has 0 amide bonds. The molecule has 2 atom stereocenters. The number of hydrogen-bond acceptors (Lipinski definition) is 7. The summed E-state index contributed by atoms with van der Waals surface area (Å²) in [6, 6.07) is 5.01. The number of alkyl halides is 6. The molecule has 1 saturated carbocycles. The summed E-state index contributed by atoms with van der Waals surface area (Å²) in [6.07, 6.45) is -7.67. The van der Waals surface area contributed by atoms with E-state index in [-0.39, 0.29) is 47.4 Å². The minimum Gasteiger partial charge on any atom is -0.484 e. The van der Waals surface area contributed by atoms with Crippen LogP contribution in [-0.4, -0.2) is 54.0 Å². The van der Waals surface area contributed by atoms with Gasteiger partial charge in [0.05, 0.1) is 33.1 Å². The molecule has 1 fully saturated rings. The van der Waals surface area contributed by atoms with Gasteiger partial charge >= 0.3 is 12.4 Å². The van der Waals surface area contributed by atoms with E-state index >= 15 is 0 Å². The summed E-state index contributed by atoms with van der Waals surface area (Å²) in [5, 5.41) is 8.14. The van der Waals surface area contributed by atoms with E-state index in [1.54, 1.807) is 0 Å². The molecule has 4 rings (SSSR count). The fourth-order valence-corrected chi connectivity index (χ4v) is 7.32. The van der Waals surface area contributed by atoms with Gasteiger partial charge in [-0.1, -0.05) is 18.0 Å². The Morgan fingerprint density at radius 3 is 2.47 bits per heavy atom. The summed E-state index contributed by atoms with van der Waals surface area (Å²) >= 11 is 6.13. The maximum Gasteiger partial charge on any atom is 0.422 e. The predicted molar refractivity (Wildman–Crippen MR) is 122 cm³/mol. The van der Waals surface area contributed by atoms with Crippen LogP contribution in [0.25, 0.3) is 0 Å². The second-order valence-electron chi connectivity index (χ2n) is 9.26. The van der Waals surface area contributed by atoms with Crippen molar-refractivity contribution in [2.24, 2.45) is 0 Å². The summed E-state index contributed by atoms with van der Waals surface area (Å²) in [6.45, 7) is -2.90. The number of halogens is 7. The van der Waals surface area contributed by atoms with Crippen molar-refractivity contribution >= 4 is 21.4 Å². The minimum absolute atomic E-state index is 0.0744. The first kappa shape index (κ1) is 28.4. The molecule has 0 bridgehead atoms. The largest absolute Gasteiger partial charge is 0.484 e. The summed E-state index contributed by atoms with van der Waals surface area (Å²) in [5.74, 6) is -0.891. The quantitative estimate of drug-likeness (QED) is 0.425. The number of fused-ring (bicyclic) bond motifs is 1. The van der Waals surface area contributed by atoms with Crippen LogP contribution in [0, 0.1) is 11.3 Å². The van der Waals surface area contributed by atoms with E-state index in [2.05, 4.69) is 14.7 Å². The fourth-order valence-electron chi connectivity index (χ4n) is 4.92. The highest BCUT2D eigenvalue weighted by molar-refractivity contribution is 7.92. The molecule has 0 saturated heterocycles. The molecular formula is C23H21ClF6N4O3S. The third-order valence-corrected chi connectivity index (χ3v) is 9.15. The number of benzene rings is 1. The standard InChI is InChI=1S/C23H21ClF6N4O3S/c24-17-7-14(37-12-23(28,29)30)4-5-19(17)38(35,36)15-3-1-2-13(6-15)21-16-9-34(11-22(25,26)27)10-18(16)32-20(8-31)33-21/h4-5,7,13,15H,1-3,6,9-12H2/t13?,15-/m0/s1. The molecular weight excluding hydrogens is 562 g/mol. The second kappa shape index (κ2) is 10.5. The lowest BCUT2D eigenvalue weighted by Crippen LogP contribution is -2.30. The first-order chi connectivity index (χ1) is 17.7. The van der Waals surface area contributed by atoms with Crippen molar-refractivity contribution in [2.75, 3.05) is 13.2 Å². The van der Waals surface area contributed by atoms with Crippen LogP contribution in [0.15, 0.2) is 23.1 Å². The molecule has 2 aromatic rings. The molecule has 1 unspecified atom stereocenters. The van der Waals surface area contributed by atoms with Crippen LogP contribution in [0.1, 0.15) is 54.4 Å². The van der Waals surface area contributed by atoms with Crippen molar-refractivity contribution in [1.29, 1.82) is 5.26 Å². The van der Waals surface area contributed by atoms with E-state index in [4.69, 9.17) is 11.6 Å². The van der Waals surface area contributed by atoms with Crippen molar-refractivity contribution in [2.45, 2.75) is 67.2 Å². The molecule has 0 spiro atoms. The molecule has 2 aliphatic rings. The van der Waals surface area contributed by atoms with Gasteiger partial charge in [0.25, 0.3) is 0 Å². The van der Waals surface area contributed by atoms with E-state index in [1.165, 1.54) is 0 Å². The van der Waals surface area contributed by atoms with Gasteiger partial charge in [0.15, 0.2) is 16.4 Å². The topological polar surface area (TPSA) is 96.2 Å². The maximum absolute atomic E-state index is 13.5. The third kappa shape index (κ3) is 6.50. The minimum atomic E-state index is -4.58. The van der Waals surface area contributed by atoms with E-state index in [9.17, 15) is 40.0 Å². The number of sulfone groups is 1. The molecule has 7 nitrogen and oxygen atoms in total. The van der Waals surface area contributed by atoms with E-state index in [0.29, 0.717) is 29.8 Å². The summed E-state index contributed by atoms with van der Waals surface area (Å²) in [4.78, 5) is 9.22. The van der Waals surface area contributed by atoms with Crippen LogP contribution in [0.2, 0.25) is 5.02 Å². The number of nitrogens with zero attached hydrogens (tertiary/aromatic N) is 4. The molecule has 1 aromatic heterocycles. The van der Waals surface area contributed by atoms with Crippen LogP contribution in [0.3, 0.4) is 0 Å². The van der Waals surface area contributed by atoms with Gasteiger partial charge in [-0.3, -0.25) is 4.90 Å². The van der Waals surface area contributed by atoms with Crippen molar-refractivity contribution in [3.05, 3.63) is 46.0 Å². The Labute approximate surface area is 219 Å². The molecule has 0 radical (unpaired) electrons. The lowest BCUT2D eigenvalue weighted by molar-refractivity contribution is -0.153. The van der Waals surface area contributed by atoms with Crippen molar-refractivity contribution in [3.63, 3.8) is 0 Å². The van der Waals surface area contributed by atoms with E-state index in [1.807, 2.05) is 6.07 Å². The molecule has 0 N–H and O–H groups in total. The lowest BCUT2D eigenvalue weighted by Gasteiger charge is -2.30. The zero-order valence-corrected chi connectivity index (χ0v) is 21.2. The average molecular weight is 583 g/mol. The van der Waals surface area contributed by atoms with Crippen molar-refractivity contribution < 1.29 is 39.5 Å². The highest BCUT2D eigenvalue weighted by Crippen LogP contribution is 2.42. The van der Waals surface area contributed by atoms with Gasteiger partial charge in [-0.2, -0.15) is 31.6 Å². The Kier molecular flexibility index (Phi) is 7.84. The number of rotatable bonds is 6. The Hall–Kier alpha value is -2.63. The molecule has 2 heterocycles. The first-order valence-corrected chi connectivity index (χ1v) is 13.4. The van der Waals surface area contributed by atoms with E-state index in [0.717, 1.165) is 23.1 Å². The number of hydrogen-bond donors (Lipinski definition) is 0. The second-order valence-corrected chi connectivity index (χ2v) is 11.9. The van der Waals surface area contributed by atoms with Gasteiger partial charge in [0, 0.05) is 30.6 Å². The highest BCUT2D eigenvalue weighted by Gasteiger charge is 2.39. The van der Waals surface area contributed by atoms with Gasteiger partial charge in [-0.15, -0.1) is 0 Å². The molecule has 1 aliphatic heterocycles. The summed E-state index contributed by atoms with van der Waals surface area (Å²) in [5.41, 5.74) is 1.16. The smallest absolute Gasteiger partial charge is 0.422 e. The van der Waals surface area contributed by atoms with Crippen LogP contribution >= 0.6 is 11.6 Å². The highest BCUT2D eigenvalue weighted by atomic mass is 35.5. The van der Waals surface area contributed by atoms with Crippen LogP contribution in [0.4, 0.5) is 26.3 Å². The van der Waals surface area contributed by atoms with Gasteiger partial charge in [-0.05, 0) is 31.4 Å². The molecule has 1 aromatic carbocycles. The van der Waals surface area contributed by atoms with Gasteiger partial charge < -0.3 is 4.74 Å². The van der Waals surface area contributed by atoms with Crippen molar-refractivity contribution in [3.8, 4) is 11.8 Å². The first-order valence-electron chi connectivity index (χ1n) is 11.5. The predicted octanol–water partition coefficient (Wildman–Crippen LogP) is 5.32. The van der Waals surface area contributed by atoms with Gasteiger partial charge in [-0.25, -0.2) is 18.4 Å². The SMILES string of the molecule is N#Cc1nc2c(c(C3CCC[C@H](S(=O)(=O)c4ccc(OCC(F)(F)F)cc4Cl)C3)n1)CN(CC(F)(F)F)C2. The number of ether oxygens (including phenoxy) is 1. The Balaban J connectivity index is 1.57. The number of nitriles is 1. The van der Waals surface area contributed by atoms with Crippen molar-refractivity contribution in [1.82, 2.24) is 14.9 Å². The summed E-state index contributed by atoms with van der Waals surface area (Å²) < 4.78 is 108. The Bertz CT molecular complexity index is 1360. The number of aromatic nitrogens is 2. The molecule has 38 heavy (non-hydrogen) atoms. The summed E-state index contributed by atoms with van der Waals surface area (Å²) in [7, 11) is -4.04. The fraction of sp³-hybridized carbons (Fsp3) is 0.522. The Morgan fingerprint density at radius 2 is 1.84 bits per heavy atom. The van der Waals surface area contributed by atoms with Crippen LogP contribution < -0.4 is 4.74 Å². The molecule has 1 aliphatic carbocycles. The van der Waals surface area contributed by atoms with Gasteiger partial charge in [0.2, 0.25) is 5.82 Å².